The van der Waals surface area contributed by atoms with Gasteiger partial charge in [-0.2, -0.15) is 0 Å². The van der Waals surface area contributed by atoms with Crippen LogP contribution < -0.4 is 10.1 Å². The van der Waals surface area contributed by atoms with Crippen LogP contribution >= 0.6 is 28.1 Å². The molecule has 1 saturated carbocycles. The van der Waals surface area contributed by atoms with Crippen molar-refractivity contribution in [1.82, 2.24) is 10.2 Å². The standard InChI is InChI=1S/C23H23BrN2O2S/c24-18-11-12-21(28-15-16-7-3-1-4-8-16)17(13-18)14-20-22(27)26(23(29)25-20)19-9-5-2-6-10-19/h1,3-4,7-8,11-14,19H,2,5-6,9-10,15H2,(H,25,29). The second-order valence-corrected chi connectivity index (χ2v) is 8.71. The van der Waals surface area contributed by atoms with Crippen LogP contribution in [0, 0.1) is 0 Å². The van der Waals surface area contributed by atoms with Gasteiger partial charge in [0.25, 0.3) is 5.91 Å². The lowest BCUT2D eigenvalue weighted by atomic mass is 9.94. The van der Waals surface area contributed by atoms with Gasteiger partial charge >= 0.3 is 0 Å². The molecule has 0 atom stereocenters. The third kappa shape index (κ3) is 4.70. The highest BCUT2D eigenvalue weighted by Gasteiger charge is 2.36. The third-order valence-electron chi connectivity index (χ3n) is 5.36. The quantitative estimate of drug-likeness (QED) is 0.467. The molecule has 1 N–H and O–H groups in total. The van der Waals surface area contributed by atoms with E-state index >= 15 is 0 Å². The SMILES string of the molecule is O=C1C(=Cc2cc(Br)ccc2OCc2ccccc2)NC(=S)N1C1CCCCC1. The van der Waals surface area contributed by atoms with Crippen LogP contribution in [0.25, 0.3) is 6.08 Å². The zero-order valence-corrected chi connectivity index (χ0v) is 18.5. The molecule has 1 aliphatic carbocycles. The molecule has 1 aliphatic heterocycles. The summed E-state index contributed by atoms with van der Waals surface area (Å²) in [5, 5.41) is 3.63. The summed E-state index contributed by atoms with van der Waals surface area (Å²) in [5.41, 5.74) is 2.43. The van der Waals surface area contributed by atoms with Gasteiger partial charge in [0.1, 0.15) is 18.1 Å². The van der Waals surface area contributed by atoms with Crippen LogP contribution in [0.4, 0.5) is 0 Å². The van der Waals surface area contributed by atoms with E-state index in [4.69, 9.17) is 17.0 Å². The number of thiocarbonyl (C=S) groups is 1. The smallest absolute Gasteiger partial charge is 0.276 e. The highest BCUT2D eigenvalue weighted by Crippen LogP contribution is 2.30. The first-order valence-corrected chi connectivity index (χ1v) is 11.1. The summed E-state index contributed by atoms with van der Waals surface area (Å²) in [6, 6.07) is 16.0. The van der Waals surface area contributed by atoms with E-state index in [0.29, 0.717) is 17.4 Å². The summed E-state index contributed by atoms with van der Waals surface area (Å²) in [4.78, 5) is 14.8. The minimum atomic E-state index is -0.0455. The van der Waals surface area contributed by atoms with Crippen LogP contribution in [0.15, 0.2) is 58.7 Å². The molecule has 2 aliphatic rings. The Bertz CT molecular complexity index is 939. The molecule has 0 bridgehead atoms. The normalized spacial score (nSPS) is 18.9. The van der Waals surface area contributed by atoms with Gasteiger partial charge in [-0.15, -0.1) is 0 Å². The molecule has 1 amide bonds. The molecule has 1 heterocycles. The number of halogens is 1. The number of carbonyl (C=O) groups excluding carboxylic acids is 1. The number of carbonyl (C=O) groups is 1. The molecule has 29 heavy (non-hydrogen) atoms. The average Bonchev–Trinajstić information content (AvgIpc) is 3.02. The van der Waals surface area contributed by atoms with Crippen molar-refractivity contribution in [3.05, 3.63) is 69.8 Å². The van der Waals surface area contributed by atoms with Gasteiger partial charge in [0.05, 0.1) is 0 Å². The molecular formula is C23H23BrN2O2S. The fourth-order valence-electron chi connectivity index (χ4n) is 3.87. The van der Waals surface area contributed by atoms with E-state index < -0.39 is 0 Å². The van der Waals surface area contributed by atoms with Gasteiger partial charge in [-0.3, -0.25) is 9.69 Å². The highest BCUT2D eigenvalue weighted by atomic mass is 79.9. The molecule has 6 heteroatoms. The fourth-order valence-corrected chi connectivity index (χ4v) is 4.59. The molecule has 4 nitrogen and oxygen atoms in total. The van der Waals surface area contributed by atoms with Crippen molar-refractivity contribution in [2.45, 2.75) is 44.8 Å². The second-order valence-electron chi connectivity index (χ2n) is 7.41. The van der Waals surface area contributed by atoms with E-state index in [0.717, 1.165) is 47.0 Å². The maximum atomic E-state index is 13.1. The molecule has 150 valence electrons. The van der Waals surface area contributed by atoms with Crippen molar-refractivity contribution in [1.29, 1.82) is 0 Å². The Kier molecular flexibility index (Phi) is 6.31. The van der Waals surface area contributed by atoms with Gasteiger partial charge in [0, 0.05) is 16.1 Å². The molecule has 2 aromatic rings. The number of ether oxygens (including phenoxy) is 1. The third-order valence-corrected chi connectivity index (χ3v) is 6.15. The lowest BCUT2D eigenvalue weighted by molar-refractivity contribution is -0.124. The minimum absolute atomic E-state index is 0.0455. The maximum absolute atomic E-state index is 13.1. The number of benzene rings is 2. The molecule has 1 saturated heterocycles. The fraction of sp³-hybridized carbons (Fsp3) is 0.304. The summed E-state index contributed by atoms with van der Waals surface area (Å²) in [6.07, 6.45) is 7.41. The molecule has 0 unspecified atom stereocenters. The summed E-state index contributed by atoms with van der Waals surface area (Å²) < 4.78 is 6.97. The largest absolute Gasteiger partial charge is 0.488 e. The number of nitrogens with zero attached hydrogens (tertiary/aromatic N) is 1. The Morgan fingerprint density at radius 2 is 1.90 bits per heavy atom. The Morgan fingerprint density at radius 3 is 2.66 bits per heavy atom. The second kappa shape index (κ2) is 9.09. The van der Waals surface area contributed by atoms with E-state index in [1.807, 2.05) is 54.6 Å². The number of hydrogen-bond acceptors (Lipinski definition) is 3. The maximum Gasteiger partial charge on any atom is 0.276 e. The summed E-state index contributed by atoms with van der Waals surface area (Å²) in [7, 11) is 0. The van der Waals surface area contributed by atoms with Crippen molar-refractivity contribution < 1.29 is 9.53 Å². The number of nitrogens with one attached hydrogen (secondary N) is 1. The Balaban J connectivity index is 1.56. The van der Waals surface area contributed by atoms with Gasteiger partial charge in [0.15, 0.2) is 5.11 Å². The van der Waals surface area contributed by atoms with E-state index in [2.05, 4.69) is 21.2 Å². The Morgan fingerprint density at radius 1 is 1.14 bits per heavy atom. The highest BCUT2D eigenvalue weighted by molar-refractivity contribution is 9.10. The number of rotatable bonds is 5. The zero-order chi connectivity index (χ0) is 20.2. The van der Waals surface area contributed by atoms with E-state index in [1.54, 1.807) is 4.90 Å². The van der Waals surface area contributed by atoms with Crippen molar-refractivity contribution in [2.24, 2.45) is 0 Å². The molecule has 4 rings (SSSR count). The Hall–Kier alpha value is -2.18. The van der Waals surface area contributed by atoms with Gasteiger partial charge in [0.2, 0.25) is 0 Å². The minimum Gasteiger partial charge on any atom is -0.488 e. The topological polar surface area (TPSA) is 41.6 Å². The van der Waals surface area contributed by atoms with E-state index in [9.17, 15) is 4.79 Å². The van der Waals surface area contributed by atoms with Crippen LogP contribution in [-0.4, -0.2) is 22.0 Å². The molecular weight excluding hydrogens is 448 g/mol. The first-order chi connectivity index (χ1) is 14.1. The molecule has 2 fully saturated rings. The predicted octanol–water partition coefficient (Wildman–Crippen LogP) is 5.42. The van der Waals surface area contributed by atoms with Crippen LogP contribution in [0.5, 0.6) is 5.75 Å². The van der Waals surface area contributed by atoms with E-state index in [-0.39, 0.29) is 11.9 Å². The molecule has 0 radical (unpaired) electrons. The van der Waals surface area contributed by atoms with Gasteiger partial charge < -0.3 is 10.1 Å². The van der Waals surface area contributed by atoms with Crippen LogP contribution in [-0.2, 0) is 11.4 Å². The van der Waals surface area contributed by atoms with Gasteiger partial charge in [-0.1, -0.05) is 65.5 Å². The van der Waals surface area contributed by atoms with Crippen molar-refractivity contribution >= 4 is 45.2 Å². The first-order valence-electron chi connectivity index (χ1n) is 9.94. The van der Waals surface area contributed by atoms with Gasteiger partial charge in [-0.05, 0) is 54.9 Å². The van der Waals surface area contributed by atoms with Crippen LogP contribution in [0.1, 0.15) is 43.2 Å². The Labute approximate surface area is 185 Å². The first kappa shape index (κ1) is 20.1. The molecule has 0 aromatic heterocycles. The summed E-state index contributed by atoms with van der Waals surface area (Å²) >= 11 is 8.99. The van der Waals surface area contributed by atoms with Crippen molar-refractivity contribution in [3.63, 3.8) is 0 Å². The molecule has 2 aromatic carbocycles. The monoisotopic (exact) mass is 470 g/mol. The lowest BCUT2D eigenvalue weighted by Crippen LogP contribution is -2.41. The van der Waals surface area contributed by atoms with Crippen molar-refractivity contribution in [3.8, 4) is 5.75 Å². The average molecular weight is 471 g/mol. The van der Waals surface area contributed by atoms with Crippen LogP contribution in [0.3, 0.4) is 0 Å². The van der Waals surface area contributed by atoms with Crippen LogP contribution in [0.2, 0.25) is 0 Å². The lowest BCUT2D eigenvalue weighted by Gasteiger charge is -2.29. The van der Waals surface area contributed by atoms with E-state index in [1.165, 1.54) is 6.42 Å². The predicted molar refractivity (Wildman–Crippen MR) is 122 cm³/mol. The number of amides is 1. The summed E-state index contributed by atoms with van der Waals surface area (Å²) in [6.45, 7) is 0.465. The molecule has 0 spiro atoms. The van der Waals surface area contributed by atoms with Gasteiger partial charge in [-0.25, -0.2) is 0 Å². The zero-order valence-electron chi connectivity index (χ0n) is 16.1. The van der Waals surface area contributed by atoms with Crippen molar-refractivity contribution in [2.75, 3.05) is 0 Å². The summed E-state index contributed by atoms with van der Waals surface area (Å²) in [5.74, 6) is 0.678. The number of hydrogen-bond donors (Lipinski definition) is 1.